The summed E-state index contributed by atoms with van der Waals surface area (Å²) >= 11 is 0. The molecule has 4 N–H and O–H groups in total. The van der Waals surface area contributed by atoms with E-state index in [9.17, 15) is 14.7 Å². The maximum atomic E-state index is 14.3. The average molecular weight is 485 g/mol. The Morgan fingerprint density at radius 2 is 1.63 bits per heavy atom. The summed E-state index contributed by atoms with van der Waals surface area (Å²) in [5, 5.41) is 13.9. The number of primary amides is 1. The first kappa shape index (κ1) is 25.3. The summed E-state index contributed by atoms with van der Waals surface area (Å²) in [6, 6.07) is -0.466. The molecule has 2 amide bonds. The van der Waals surface area contributed by atoms with Crippen LogP contribution in [-0.2, 0) is 4.79 Å². The van der Waals surface area contributed by atoms with Crippen molar-refractivity contribution in [2.24, 2.45) is 50.6 Å². The Morgan fingerprint density at radius 1 is 0.971 bits per heavy atom. The van der Waals surface area contributed by atoms with Crippen LogP contribution in [0.2, 0.25) is 0 Å². The Morgan fingerprint density at radius 3 is 2.29 bits per heavy atom. The van der Waals surface area contributed by atoms with Crippen LogP contribution in [0, 0.1) is 44.8 Å². The largest absolute Gasteiger partial charge is 0.393 e. The average Bonchev–Trinajstić information content (AvgIpc) is 2.74. The second-order valence-electron chi connectivity index (χ2n) is 15.1. The number of nitrogens with one attached hydrogen (secondary N) is 1. The third-order valence-electron chi connectivity index (χ3n) is 13.0. The van der Waals surface area contributed by atoms with Gasteiger partial charge in [0.15, 0.2) is 5.78 Å². The highest BCUT2D eigenvalue weighted by Gasteiger charge is 2.69. The van der Waals surface area contributed by atoms with E-state index in [1.165, 1.54) is 5.57 Å². The van der Waals surface area contributed by atoms with Gasteiger partial charge in [-0.1, -0.05) is 47.1 Å². The van der Waals surface area contributed by atoms with Gasteiger partial charge in [0.05, 0.1) is 6.10 Å². The summed E-state index contributed by atoms with van der Waals surface area (Å²) in [5.41, 5.74) is 6.39. The monoisotopic (exact) mass is 484 g/mol. The molecule has 0 aromatic heterocycles. The smallest absolute Gasteiger partial charge is 0.312 e. The predicted octanol–water partition coefficient (Wildman–Crippen LogP) is 5.75. The fraction of sp³-hybridized carbons (Fsp3) is 0.867. The van der Waals surface area contributed by atoms with Gasteiger partial charge < -0.3 is 16.2 Å². The standard InChI is InChI=1S/C30H48N2O3/c1-25(2)20-8-11-29(6)21(28(20,5)10-9-22(25)34)16-19(33)23-18-17-27(4,32-24(31)35)14-12-26(18,3)13-15-30(23,29)7/h16,18,20,22-23,34H,8-15,17H2,1-7H3,(H3,31,32,35)/t18-,20-,22-,23+,26+,27-,28-,29+,30+/m0/s1. The van der Waals surface area contributed by atoms with E-state index in [-0.39, 0.29) is 50.6 Å². The normalized spacial score (nSPS) is 52.8. The van der Waals surface area contributed by atoms with Crippen LogP contribution < -0.4 is 11.1 Å². The molecule has 5 aliphatic rings. The molecular weight excluding hydrogens is 436 g/mol. The molecule has 0 heterocycles. The van der Waals surface area contributed by atoms with Crippen LogP contribution in [0.4, 0.5) is 4.79 Å². The van der Waals surface area contributed by atoms with Gasteiger partial charge in [0, 0.05) is 11.5 Å². The Labute approximate surface area is 212 Å². The number of aliphatic hydroxyl groups excluding tert-OH is 1. The van der Waals surface area contributed by atoms with E-state index in [0.717, 1.165) is 57.8 Å². The van der Waals surface area contributed by atoms with Gasteiger partial charge in [0.25, 0.3) is 0 Å². The van der Waals surface area contributed by atoms with Crippen molar-refractivity contribution in [2.75, 3.05) is 0 Å². The molecule has 9 atom stereocenters. The third kappa shape index (κ3) is 3.21. The minimum absolute atomic E-state index is 0.0216. The third-order valence-corrected chi connectivity index (χ3v) is 13.0. The van der Waals surface area contributed by atoms with Crippen molar-refractivity contribution in [2.45, 2.75) is 118 Å². The number of carbonyl (C=O) groups is 2. The van der Waals surface area contributed by atoms with Gasteiger partial charge in [-0.25, -0.2) is 4.79 Å². The fourth-order valence-electron chi connectivity index (χ4n) is 10.5. The molecule has 0 saturated heterocycles. The van der Waals surface area contributed by atoms with E-state index in [4.69, 9.17) is 5.73 Å². The Hall–Kier alpha value is -1.36. The van der Waals surface area contributed by atoms with Crippen molar-refractivity contribution in [3.63, 3.8) is 0 Å². The quantitative estimate of drug-likeness (QED) is 0.442. The summed E-state index contributed by atoms with van der Waals surface area (Å²) in [6.45, 7) is 16.2. The Kier molecular flexibility index (Phi) is 5.32. The first-order valence-electron chi connectivity index (χ1n) is 14.0. The molecule has 5 heteroatoms. The molecule has 0 spiro atoms. The number of amides is 2. The summed E-state index contributed by atoms with van der Waals surface area (Å²) in [5.74, 6) is 0.915. The molecule has 0 aromatic rings. The number of urea groups is 1. The molecule has 196 valence electrons. The summed E-state index contributed by atoms with van der Waals surface area (Å²) in [7, 11) is 0. The SMILES string of the molecule is CC1(C)[C@@H](O)CC[C@]2(C)C3=CC(=O)[C@H]4[C@@H]5C[C@@](C)(NC(N)=O)CC[C@]5(C)CC[C@@]4(C)[C@]3(C)CC[C@@H]12. The molecule has 4 fully saturated rings. The number of fused-ring (bicyclic) bond motifs is 7. The predicted molar refractivity (Wildman–Crippen MR) is 138 cm³/mol. The second-order valence-corrected chi connectivity index (χ2v) is 15.1. The molecule has 0 aliphatic heterocycles. The molecule has 0 radical (unpaired) electrons. The summed E-state index contributed by atoms with van der Waals surface area (Å²) < 4.78 is 0. The second kappa shape index (κ2) is 7.36. The van der Waals surface area contributed by atoms with E-state index in [1.807, 2.05) is 0 Å². The van der Waals surface area contributed by atoms with E-state index >= 15 is 0 Å². The van der Waals surface area contributed by atoms with E-state index < -0.39 is 6.03 Å². The number of carbonyl (C=O) groups excluding carboxylic acids is 2. The molecule has 5 aliphatic carbocycles. The molecule has 5 nitrogen and oxygen atoms in total. The summed E-state index contributed by atoms with van der Waals surface area (Å²) in [6.07, 6.45) is 10.7. The lowest BCUT2D eigenvalue weighted by Gasteiger charge is -2.70. The van der Waals surface area contributed by atoms with Crippen LogP contribution >= 0.6 is 0 Å². The number of rotatable bonds is 1. The minimum atomic E-state index is -0.466. The lowest BCUT2D eigenvalue weighted by atomic mass is 9.34. The van der Waals surface area contributed by atoms with E-state index in [2.05, 4.69) is 59.9 Å². The number of hydrogen-bond acceptors (Lipinski definition) is 3. The number of nitrogens with two attached hydrogens (primary N) is 1. The highest BCUT2D eigenvalue weighted by atomic mass is 16.3. The zero-order valence-corrected chi connectivity index (χ0v) is 23.1. The molecule has 5 rings (SSSR count). The Bertz CT molecular complexity index is 988. The fourth-order valence-corrected chi connectivity index (χ4v) is 10.5. The van der Waals surface area contributed by atoms with Gasteiger partial charge in [-0.15, -0.1) is 0 Å². The number of aliphatic hydroxyl groups is 1. The van der Waals surface area contributed by atoms with Crippen LogP contribution in [0.15, 0.2) is 11.6 Å². The molecule has 4 saturated carbocycles. The van der Waals surface area contributed by atoms with Gasteiger partial charge in [-0.2, -0.15) is 0 Å². The maximum Gasteiger partial charge on any atom is 0.312 e. The number of ketones is 1. The maximum absolute atomic E-state index is 14.3. The van der Waals surface area contributed by atoms with Crippen LogP contribution in [0.5, 0.6) is 0 Å². The minimum Gasteiger partial charge on any atom is -0.393 e. The molecular formula is C30H48N2O3. The van der Waals surface area contributed by atoms with Crippen molar-refractivity contribution in [3.05, 3.63) is 11.6 Å². The van der Waals surface area contributed by atoms with Crippen LogP contribution in [0.3, 0.4) is 0 Å². The lowest BCUT2D eigenvalue weighted by Crippen LogP contribution is -2.66. The van der Waals surface area contributed by atoms with Crippen molar-refractivity contribution in [1.29, 1.82) is 0 Å². The van der Waals surface area contributed by atoms with Crippen molar-refractivity contribution < 1.29 is 14.7 Å². The van der Waals surface area contributed by atoms with Crippen molar-refractivity contribution in [3.8, 4) is 0 Å². The lowest BCUT2D eigenvalue weighted by molar-refractivity contribution is -0.175. The van der Waals surface area contributed by atoms with E-state index in [1.54, 1.807) is 0 Å². The van der Waals surface area contributed by atoms with Gasteiger partial charge in [0.2, 0.25) is 0 Å². The molecule has 35 heavy (non-hydrogen) atoms. The molecule has 0 unspecified atom stereocenters. The first-order chi connectivity index (χ1) is 16.0. The van der Waals surface area contributed by atoms with Gasteiger partial charge >= 0.3 is 6.03 Å². The van der Waals surface area contributed by atoms with E-state index in [0.29, 0.717) is 11.7 Å². The van der Waals surface area contributed by atoms with Gasteiger partial charge in [-0.05, 0) is 110 Å². The zero-order valence-electron chi connectivity index (χ0n) is 23.1. The Balaban J connectivity index is 1.59. The zero-order chi connectivity index (χ0) is 25.8. The number of allylic oxidation sites excluding steroid dienone is 2. The van der Waals surface area contributed by atoms with Crippen molar-refractivity contribution >= 4 is 11.8 Å². The van der Waals surface area contributed by atoms with Gasteiger partial charge in [-0.3, -0.25) is 4.79 Å². The van der Waals surface area contributed by atoms with Crippen molar-refractivity contribution in [1.82, 2.24) is 5.32 Å². The first-order valence-corrected chi connectivity index (χ1v) is 14.0. The highest BCUT2D eigenvalue weighted by Crippen LogP contribution is 2.74. The van der Waals surface area contributed by atoms with Crippen LogP contribution in [0.1, 0.15) is 106 Å². The van der Waals surface area contributed by atoms with Crippen LogP contribution in [0.25, 0.3) is 0 Å². The molecule has 0 aromatic carbocycles. The number of hydrogen-bond donors (Lipinski definition) is 3. The van der Waals surface area contributed by atoms with Crippen LogP contribution in [-0.4, -0.2) is 28.6 Å². The summed E-state index contributed by atoms with van der Waals surface area (Å²) in [4.78, 5) is 26.1. The highest BCUT2D eigenvalue weighted by molar-refractivity contribution is 5.95. The molecule has 0 bridgehead atoms. The topological polar surface area (TPSA) is 92.4 Å². The van der Waals surface area contributed by atoms with Gasteiger partial charge in [0.1, 0.15) is 0 Å².